The second kappa shape index (κ2) is 5.53. The molecule has 0 aliphatic carbocycles. The number of rotatable bonds is 2. The number of hydrogen-bond acceptors (Lipinski definition) is 2. The normalized spacial score (nSPS) is 23.0. The molecule has 1 aromatic rings. The van der Waals surface area contributed by atoms with Crippen LogP contribution in [0.25, 0.3) is 0 Å². The number of likely N-dealkylation sites (tertiary alicyclic amines) is 1. The van der Waals surface area contributed by atoms with Gasteiger partial charge in [0.25, 0.3) is 0 Å². The minimum Gasteiger partial charge on any atom is -0.284 e. The van der Waals surface area contributed by atoms with Crippen molar-refractivity contribution in [1.82, 2.24) is 4.90 Å². The summed E-state index contributed by atoms with van der Waals surface area (Å²) in [4.78, 5) is 2.25. The molecule has 2 atom stereocenters. The van der Waals surface area contributed by atoms with E-state index in [4.69, 9.17) is 11.6 Å². The molecule has 0 aromatic heterocycles. The quantitative estimate of drug-likeness (QED) is 0.799. The zero-order chi connectivity index (χ0) is 12.3. The van der Waals surface area contributed by atoms with Crippen LogP contribution in [0.4, 0.5) is 0 Å². The number of hydrogen-bond donors (Lipinski definition) is 0. The topological polar surface area (TPSA) is 27.0 Å². The first-order valence-corrected chi connectivity index (χ1v) is 6.48. The van der Waals surface area contributed by atoms with E-state index in [2.05, 4.69) is 17.9 Å². The zero-order valence-electron chi connectivity index (χ0n) is 10.1. The van der Waals surface area contributed by atoms with Crippen molar-refractivity contribution < 1.29 is 0 Å². The van der Waals surface area contributed by atoms with Crippen LogP contribution in [0.3, 0.4) is 0 Å². The van der Waals surface area contributed by atoms with Gasteiger partial charge in [0.1, 0.15) is 6.04 Å². The first-order valence-electron chi connectivity index (χ1n) is 6.10. The van der Waals surface area contributed by atoms with Crippen LogP contribution in [0.15, 0.2) is 24.3 Å². The summed E-state index contributed by atoms with van der Waals surface area (Å²) in [5.41, 5.74) is 0.936. The van der Waals surface area contributed by atoms with Crippen LogP contribution in [-0.2, 0) is 0 Å². The molecule has 0 radical (unpaired) electrons. The van der Waals surface area contributed by atoms with Gasteiger partial charge in [-0.15, -0.1) is 0 Å². The standard InChI is InChI=1S/C14H17ClN2/c1-11-5-4-8-17(10-11)14(9-16)12-6-2-3-7-13(12)15/h2-3,6-7,11,14H,4-5,8,10H2,1H3. The Labute approximate surface area is 108 Å². The van der Waals surface area contributed by atoms with Crippen molar-refractivity contribution >= 4 is 11.6 Å². The predicted molar refractivity (Wildman–Crippen MR) is 69.8 cm³/mol. The van der Waals surface area contributed by atoms with Crippen molar-refractivity contribution in [2.45, 2.75) is 25.8 Å². The Balaban J connectivity index is 2.22. The Kier molecular flexibility index (Phi) is 4.04. The minimum absolute atomic E-state index is 0.202. The van der Waals surface area contributed by atoms with Gasteiger partial charge in [-0.2, -0.15) is 5.26 Å². The molecule has 0 spiro atoms. The molecule has 1 fully saturated rings. The monoisotopic (exact) mass is 248 g/mol. The lowest BCUT2D eigenvalue weighted by Crippen LogP contribution is -2.37. The summed E-state index contributed by atoms with van der Waals surface area (Å²) in [5, 5.41) is 10.1. The van der Waals surface area contributed by atoms with E-state index in [0.29, 0.717) is 10.9 Å². The minimum atomic E-state index is -0.202. The average molecular weight is 249 g/mol. The predicted octanol–water partition coefficient (Wildman–Crippen LogP) is 3.64. The molecule has 1 heterocycles. The van der Waals surface area contributed by atoms with Crippen LogP contribution in [-0.4, -0.2) is 18.0 Å². The highest BCUT2D eigenvalue weighted by Gasteiger charge is 2.26. The van der Waals surface area contributed by atoms with Crippen molar-refractivity contribution in [3.8, 4) is 6.07 Å². The van der Waals surface area contributed by atoms with E-state index in [-0.39, 0.29) is 6.04 Å². The molecule has 0 amide bonds. The van der Waals surface area contributed by atoms with Gasteiger partial charge in [0, 0.05) is 17.1 Å². The molecule has 1 saturated heterocycles. The van der Waals surface area contributed by atoms with E-state index in [1.165, 1.54) is 12.8 Å². The van der Waals surface area contributed by atoms with E-state index in [9.17, 15) is 5.26 Å². The summed E-state index contributed by atoms with van der Waals surface area (Å²) in [7, 11) is 0. The van der Waals surface area contributed by atoms with Crippen molar-refractivity contribution in [1.29, 1.82) is 5.26 Å². The van der Waals surface area contributed by atoms with Gasteiger partial charge in [-0.1, -0.05) is 36.7 Å². The molecule has 2 unspecified atom stereocenters. The number of piperidine rings is 1. The molecule has 1 aromatic carbocycles. The summed E-state index contributed by atoms with van der Waals surface area (Å²) in [6.07, 6.45) is 2.43. The smallest absolute Gasteiger partial charge is 0.125 e. The third-order valence-corrected chi connectivity index (χ3v) is 3.72. The van der Waals surface area contributed by atoms with Crippen LogP contribution in [0.2, 0.25) is 5.02 Å². The Morgan fingerprint density at radius 2 is 2.24 bits per heavy atom. The lowest BCUT2D eigenvalue weighted by molar-refractivity contribution is 0.156. The number of nitrogens with zero attached hydrogens (tertiary/aromatic N) is 2. The molecule has 17 heavy (non-hydrogen) atoms. The van der Waals surface area contributed by atoms with Crippen LogP contribution >= 0.6 is 11.6 Å². The zero-order valence-corrected chi connectivity index (χ0v) is 10.8. The maximum absolute atomic E-state index is 9.39. The van der Waals surface area contributed by atoms with Crippen molar-refractivity contribution in [3.05, 3.63) is 34.9 Å². The summed E-state index contributed by atoms with van der Waals surface area (Å²) in [5.74, 6) is 0.669. The van der Waals surface area contributed by atoms with Crippen molar-refractivity contribution in [2.75, 3.05) is 13.1 Å². The Hall–Kier alpha value is -1.04. The first-order chi connectivity index (χ1) is 8.22. The SMILES string of the molecule is CC1CCCN(C(C#N)c2ccccc2Cl)C1. The largest absolute Gasteiger partial charge is 0.284 e. The van der Waals surface area contributed by atoms with Gasteiger partial charge < -0.3 is 0 Å². The van der Waals surface area contributed by atoms with Gasteiger partial charge in [0.2, 0.25) is 0 Å². The fraction of sp³-hybridized carbons (Fsp3) is 0.500. The van der Waals surface area contributed by atoms with Crippen molar-refractivity contribution in [2.24, 2.45) is 5.92 Å². The Morgan fingerprint density at radius 3 is 2.88 bits per heavy atom. The Bertz CT molecular complexity index is 424. The van der Waals surface area contributed by atoms with E-state index in [1.807, 2.05) is 24.3 Å². The molecule has 0 saturated carbocycles. The molecule has 0 N–H and O–H groups in total. The van der Waals surface area contributed by atoms with Gasteiger partial charge in [-0.05, 0) is 31.4 Å². The molecule has 0 bridgehead atoms. The summed E-state index contributed by atoms with van der Waals surface area (Å²) >= 11 is 6.18. The van der Waals surface area contributed by atoms with E-state index in [0.717, 1.165) is 18.7 Å². The van der Waals surface area contributed by atoms with Gasteiger partial charge in [-0.25, -0.2) is 0 Å². The third-order valence-electron chi connectivity index (χ3n) is 3.38. The highest BCUT2D eigenvalue weighted by molar-refractivity contribution is 6.31. The van der Waals surface area contributed by atoms with E-state index < -0.39 is 0 Å². The van der Waals surface area contributed by atoms with Gasteiger partial charge >= 0.3 is 0 Å². The van der Waals surface area contributed by atoms with Crippen molar-refractivity contribution in [3.63, 3.8) is 0 Å². The van der Waals surface area contributed by atoms with E-state index >= 15 is 0 Å². The summed E-state index contributed by atoms with van der Waals surface area (Å²) in [6, 6.07) is 9.84. The van der Waals surface area contributed by atoms with Gasteiger partial charge in [0.15, 0.2) is 0 Å². The highest BCUT2D eigenvalue weighted by atomic mass is 35.5. The maximum atomic E-state index is 9.39. The highest BCUT2D eigenvalue weighted by Crippen LogP contribution is 2.30. The number of benzene rings is 1. The fourth-order valence-corrected chi connectivity index (χ4v) is 2.74. The fourth-order valence-electron chi connectivity index (χ4n) is 2.50. The molecule has 2 rings (SSSR count). The van der Waals surface area contributed by atoms with Crippen LogP contribution in [0.1, 0.15) is 31.4 Å². The Morgan fingerprint density at radius 1 is 1.47 bits per heavy atom. The molecule has 3 heteroatoms. The molecule has 90 valence electrons. The van der Waals surface area contributed by atoms with Gasteiger partial charge in [-0.3, -0.25) is 4.90 Å². The third kappa shape index (κ3) is 2.80. The van der Waals surface area contributed by atoms with E-state index in [1.54, 1.807) is 0 Å². The van der Waals surface area contributed by atoms with Crippen LogP contribution < -0.4 is 0 Å². The molecule has 1 aliphatic rings. The second-order valence-electron chi connectivity index (χ2n) is 4.80. The maximum Gasteiger partial charge on any atom is 0.125 e. The van der Waals surface area contributed by atoms with Crippen LogP contribution in [0, 0.1) is 17.2 Å². The molecular weight excluding hydrogens is 232 g/mol. The molecule has 2 nitrogen and oxygen atoms in total. The summed E-state index contributed by atoms with van der Waals surface area (Å²) < 4.78 is 0. The van der Waals surface area contributed by atoms with Gasteiger partial charge in [0.05, 0.1) is 6.07 Å². The van der Waals surface area contributed by atoms with Crippen LogP contribution in [0.5, 0.6) is 0 Å². The lowest BCUT2D eigenvalue weighted by atomic mass is 9.96. The molecule has 1 aliphatic heterocycles. The second-order valence-corrected chi connectivity index (χ2v) is 5.20. The summed E-state index contributed by atoms with van der Waals surface area (Å²) in [6.45, 7) is 4.23. The number of nitriles is 1. The first kappa shape index (κ1) is 12.4. The average Bonchev–Trinajstić information content (AvgIpc) is 2.33. The molecular formula is C14H17ClN2. The lowest BCUT2D eigenvalue weighted by Gasteiger charge is -2.34. The number of halogens is 1.